The van der Waals surface area contributed by atoms with Crippen molar-refractivity contribution in [1.29, 1.82) is 0 Å². The van der Waals surface area contributed by atoms with Crippen molar-refractivity contribution in [3.63, 3.8) is 0 Å². The Morgan fingerprint density at radius 2 is 2.10 bits per heavy atom. The highest BCUT2D eigenvalue weighted by Gasteiger charge is 2.15. The zero-order valence-electron chi connectivity index (χ0n) is 12.2. The van der Waals surface area contributed by atoms with Crippen LogP contribution in [0.1, 0.15) is 27.2 Å². The Kier molecular flexibility index (Phi) is 6.49. The molecule has 0 radical (unpaired) electrons. The summed E-state index contributed by atoms with van der Waals surface area (Å²) >= 11 is 0. The molecule has 0 saturated carbocycles. The minimum Gasteiger partial charge on any atom is -0.357 e. The normalized spacial score (nSPS) is 11.6. The standard InChI is InChI=1S/C14H22N4O2/c1-4-18(13-7-5-6-9-15-13)10-8-11(2)14(20)17-16-12(3)19/h5-7,9,11H,4,8,10H2,1-3H3,(H,16,19)(H,17,20). The first-order valence-electron chi connectivity index (χ1n) is 6.77. The number of hydrazine groups is 1. The average molecular weight is 278 g/mol. The van der Waals surface area contributed by atoms with Gasteiger partial charge < -0.3 is 4.90 Å². The van der Waals surface area contributed by atoms with Crippen LogP contribution in [-0.2, 0) is 9.59 Å². The highest BCUT2D eigenvalue weighted by atomic mass is 16.2. The number of amides is 2. The Hall–Kier alpha value is -2.11. The molecule has 2 N–H and O–H groups in total. The maximum Gasteiger partial charge on any atom is 0.241 e. The fourth-order valence-electron chi connectivity index (χ4n) is 1.73. The van der Waals surface area contributed by atoms with Crippen molar-refractivity contribution in [1.82, 2.24) is 15.8 Å². The lowest BCUT2D eigenvalue weighted by molar-refractivity contribution is -0.130. The summed E-state index contributed by atoms with van der Waals surface area (Å²) < 4.78 is 0. The molecule has 20 heavy (non-hydrogen) atoms. The molecular weight excluding hydrogens is 256 g/mol. The molecule has 0 aliphatic heterocycles. The predicted molar refractivity (Wildman–Crippen MR) is 77.9 cm³/mol. The van der Waals surface area contributed by atoms with Gasteiger partial charge in [0.15, 0.2) is 0 Å². The number of rotatable bonds is 6. The molecule has 1 unspecified atom stereocenters. The van der Waals surface area contributed by atoms with E-state index in [-0.39, 0.29) is 17.7 Å². The van der Waals surface area contributed by atoms with Gasteiger partial charge in [0.1, 0.15) is 5.82 Å². The lowest BCUT2D eigenvalue weighted by Crippen LogP contribution is -2.43. The van der Waals surface area contributed by atoms with Crippen molar-refractivity contribution < 1.29 is 9.59 Å². The number of nitrogens with one attached hydrogen (secondary N) is 2. The van der Waals surface area contributed by atoms with Crippen LogP contribution in [0.3, 0.4) is 0 Å². The Morgan fingerprint density at radius 3 is 2.65 bits per heavy atom. The van der Waals surface area contributed by atoms with E-state index in [9.17, 15) is 9.59 Å². The highest BCUT2D eigenvalue weighted by Crippen LogP contribution is 2.11. The Morgan fingerprint density at radius 1 is 1.35 bits per heavy atom. The van der Waals surface area contributed by atoms with Gasteiger partial charge in [0, 0.05) is 32.1 Å². The molecule has 0 aliphatic rings. The van der Waals surface area contributed by atoms with Gasteiger partial charge in [-0.1, -0.05) is 13.0 Å². The summed E-state index contributed by atoms with van der Waals surface area (Å²) in [6.07, 6.45) is 2.45. The summed E-state index contributed by atoms with van der Waals surface area (Å²) in [5.74, 6) is 0.260. The lowest BCUT2D eigenvalue weighted by Gasteiger charge is -2.23. The van der Waals surface area contributed by atoms with Crippen LogP contribution in [-0.4, -0.2) is 29.9 Å². The van der Waals surface area contributed by atoms with Crippen LogP contribution in [0.2, 0.25) is 0 Å². The average Bonchev–Trinajstić information content (AvgIpc) is 2.46. The lowest BCUT2D eigenvalue weighted by atomic mass is 10.1. The molecule has 6 nitrogen and oxygen atoms in total. The minimum atomic E-state index is -0.283. The summed E-state index contributed by atoms with van der Waals surface area (Å²) in [4.78, 5) is 28.9. The van der Waals surface area contributed by atoms with E-state index >= 15 is 0 Å². The molecule has 1 heterocycles. The Labute approximate surface area is 119 Å². The second-order valence-electron chi connectivity index (χ2n) is 4.63. The van der Waals surface area contributed by atoms with Gasteiger partial charge in [0.25, 0.3) is 0 Å². The van der Waals surface area contributed by atoms with Gasteiger partial charge in [0.05, 0.1) is 0 Å². The first-order valence-corrected chi connectivity index (χ1v) is 6.77. The van der Waals surface area contributed by atoms with Crippen LogP contribution >= 0.6 is 0 Å². The second-order valence-corrected chi connectivity index (χ2v) is 4.63. The van der Waals surface area contributed by atoms with Gasteiger partial charge in [-0.05, 0) is 25.5 Å². The summed E-state index contributed by atoms with van der Waals surface area (Å²) in [7, 11) is 0. The van der Waals surface area contributed by atoms with Crippen LogP contribution in [0.25, 0.3) is 0 Å². The smallest absolute Gasteiger partial charge is 0.241 e. The number of carbonyl (C=O) groups is 2. The number of anilines is 1. The summed E-state index contributed by atoms with van der Waals surface area (Å²) in [6.45, 7) is 6.81. The molecule has 0 bridgehead atoms. The molecule has 6 heteroatoms. The van der Waals surface area contributed by atoms with Gasteiger partial charge in [-0.15, -0.1) is 0 Å². The first kappa shape index (κ1) is 15.9. The molecule has 1 aromatic heterocycles. The molecule has 0 spiro atoms. The second kappa shape index (κ2) is 8.14. The van der Waals surface area contributed by atoms with E-state index in [0.717, 1.165) is 18.9 Å². The van der Waals surface area contributed by atoms with Gasteiger partial charge in [-0.3, -0.25) is 20.4 Å². The monoisotopic (exact) mass is 278 g/mol. The Bertz CT molecular complexity index is 436. The molecule has 0 saturated heterocycles. The van der Waals surface area contributed by atoms with Gasteiger partial charge in [-0.25, -0.2) is 4.98 Å². The van der Waals surface area contributed by atoms with Crippen LogP contribution in [0, 0.1) is 5.92 Å². The maximum absolute atomic E-state index is 11.7. The topological polar surface area (TPSA) is 74.3 Å². The van der Waals surface area contributed by atoms with Crippen LogP contribution < -0.4 is 15.8 Å². The fourth-order valence-corrected chi connectivity index (χ4v) is 1.73. The summed E-state index contributed by atoms with van der Waals surface area (Å²) in [6, 6.07) is 5.77. The van der Waals surface area contributed by atoms with Crippen molar-refractivity contribution in [2.45, 2.75) is 27.2 Å². The van der Waals surface area contributed by atoms with E-state index < -0.39 is 0 Å². The van der Waals surface area contributed by atoms with E-state index in [1.165, 1.54) is 6.92 Å². The van der Waals surface area contributed by atoms with Crippen molar-refractivity contribution in [2.75, 3.05) is 18.0 Å². The third-order valence-corrected chi connectivity index (χ3v) is 3.00. The zero-order valence-corrected chi connectivity index (χ0v) is 12.2. The summed E-state index contributed by atoms with van der Waals surface area (Å²) in [5.41, 5.74) is 4.69. The van der Waals surface area contributed by atoms with E-state index in [4.69, 9.17) is 0 Å². The molecule has 2 amide bonds. The van der Waals surface area contributed by atoms with Gasteiger partial charge in [0.2, 0.25) is 11.8 Å². The van der Waals surface area contributed by atoms with Crippen molar-refractivity contribution in [2.24, 2.45) is 5.92 Å². The molecule has 0 aliphatic carbocycles. The number of nitrogens with zero attached hydrogens (tertiary/aromatic N) is 2. The SMILES string of the molecule is CCN(CCC(C)C(=O)NNC(C)=O)c1ccccn1. The molecule has 1 atom stereocenters. The largest absolute Gasteiger partial charge is 0.357 e. The number of hydrogen-bond acceptors (Lipinski definition) is 4. The number of carbonyl (C=O) groups excluding carboxylic acids is 2. The van der Waals surface area contributed by atoms with Gasteiger partial charge in [-0.2, -0.15) is 0 Å². The molecule has 1 aromatic rings. The zero-order chi connectivity index (χ0) is 15.0. The van der Waals surface area contributed by atoms with Gasteiger partial charge >= 0.3 is 0 Å². The van der Waals surface area contributed by atoms with E-state index in [1.54, 1.807) is 6.20 Å². The number of aromatic nitrogens is 1. The van der Waals surface area contributed by atoms with Crippen LogP contribution in [0.15, 0.2) is 24.4 Å². The Balaban J connectivity index is 2.44. The molecular formula is C14H22N4O2. The highest BCUT2D eigenvalue weighted by molar-refractivity contribution is 5.82. The summed E-state index contributed by atoms with van der Waals surface area (Å²) in [5, 5.41) is 0. The molecule has 0 fully saturated rings. The molecule has 1 rings (SSSR count). The number of hydrogen-bond donors (Lipinski definition) is 2. The third-order valence-electron chi connectivity index (χ3n) is 3.00. The third kappa shape index (κ3) is 5.26. The number of pyridine rings is 1. The molecule has 110 valence electrons. The quantitative estimate of drug-likeness (QED) is 0.764. The minimum absolute atomic E-state index is 0.181. The first-order chi connectivity index (χ1) is 9.54. The van der Waals surface area contributed by atoms with Crippen molar-refractivity contribution >= 4 is 17.6 Å². The van der Waals surface area contributed by atoms with E-state index in [0.29, 0.717) is 6.42 Å². The maximum atomic E-state index is 11.7. The van der Waals surface area contributed by atoms with E-state index in [1.807, 2.05) is 25.1 Å². The fraction of sp³-hybridized carbons (Fsp3) is 0.500. The van der Waals surface area contributed by atoms with Crippen LogP contribution in [0.5, 0.6) is 0 Å². The predicted octanol–water partition coefficient (Wildman–Crippen LogP) is 1.10. The van der Waals surface area contributed by atoms with Crippen molar-refractivity contribution in [3.8, 4) is 0 Å². The molecule has 0 aromatic carbocycles. The van der Waals surface area contributed by atoms with E-state index in [2.05, 4.69) is 27.7 Å². The van der Waals surface area contributed by atoms with Crippen molar-refractivity contribution in [3.05, 3.63) is 24.4 Å². The van der Waals surface area contributed by atoms with Crippen LogP contribution in [0.4, 0.5) is 5.82 Å².